The molecule has 0 N–H and O–H groups in total. The standard InChI is InChI=1S/C18H22BO4/c1-13(20-3)15-9-5-7-11-17(15)22-19-23-18-12-8-6-10-16(18)14(2)21-4/h5-14H,1-4H3. The minimum atomic E-state index is -0.0552. The van der Waals surface area contributed by atoms with Gasteiger partial charge < -0.3 is 18.8 Å². The van der Waals surface area contributed by atoms with Crippen molar-refractivity contribution in [1.82, 2.24) is 0 Å². The maximum Gasteiger partial charge on any atom is 0.658 e. The van der Waals surface area contributed by atoms with E-state index < -0.39 is 0 Å². The zero-order chi connectivity index (χ0) is 16.7. The van der Waals surface area contributed by atoms with E-state index in [-0.39, 0.29) is 12.2 Å². The molecule has 2 aromatic carbocycles. The maximum atomic E-state index is 5.66. The largest absolute Gasteiger partial charge is 0.658 e. The summed E-state index contributed by atoms with van der Waals surface area (Å²) >= 11 is 0. The van der Waals surface area contributed by atoms with Crippen molar-refractivity contribution in [2.45, 2.75) is 26.1 Å². The van der Waals surface area contributed by atoms with Gasteiger partial charge in [0.2, 0.25) is 0 Å². The van der Waals surface area contributed by atoms with Crippen LogP contribution in [0.15, 0.2) is 48.5 Å². The Bertz CT molecular complexity index is 564. The van der Waals surface area contributed by atoms with Crippen LogP contribution in [0.2, 0.25) is 0 Å². The Labute approximate surface area is 138 Å². The lowest BCUT2D eigenvalue weighted by atomic mass is 10.1. The second-order valence-electron chi connectivity index (χ2n) is 5.16. The van der Waals surface area contributed by atoms with Crippen LogP contribution in [-0.4, -0.2) is 21.9 Å². The first-order valence-corrected chi connectivity index (χ1v) is 7.55. The third-order valence-electron chi connectivity index (χ3n) is 3.77. The summed E-state index contributed by atoms with van der Waals surface area (Å²) in [5.41, 5.74) is 1.93. The Balaban J connectivity index is 2.04. The highest BCUT2D eigenvalue weighted by Crippen LogP contribution is 2.28. The van der Waals surface area contributed by atoms with Crippen LogP contribution in [0.3, 0.4) is 0 Å². The Morgan fingerprint density at radius 1 is 0.696 bits per heavy atom. The molecule has 2 unspecified atom stereocenters. The van der Waals surface area contributed by atoms with E-state index in [1.54, 1.807) is 14.2 Å². The van der Waals surface area contributed by atoms with Gasteiger partial charge in [0.15, 0.2) is 0 Å². The lowest BCUT2D eigenvalue weighted by Crippen LogP contribution is -2.14. The molecule has 0 fully saturated rings. The van der Waals surface area contributed by atoms with Gasteiger partial charge in [-0.25, -0.2) is 0 Å². The van der Waals surface area contributed by atoms with Gasteiger partial charge in [0.25, 0.3) is 0 Å². The average molecular weight is 313 g/mol. The van der Waals surface area contributed by atoms with E-state index in [9.17, 15) is 0 Å². The molecule has 2 rings (SSSR count). The minimum absolute atomic E-state index is 0.0552. The molecule has 0 heterocycles. The normalized spacial score (nSPS) is 13.2. The number of hydrogen-bond donors (Lipinski definition) is 0. The van der Waals surface area contributed by atoms with Gasteiger partial charge in [0, 0.05) is 25.3 Å². The van der Waals surface area contributed by atoms with E-state index in [0.717, 1.165) is 11.1 Å². The zero-order valence-electron chi connectivity index (χ0n) is 14.0. The predicted octanol–water partition coefficient (Wildman–Crippen LogP) is 4.09. The molecule has 23 heavy (non-hydrogen) atoms. The third kappa shape index (κ3) is 4.50. The van der Waals surface area contributed by atoms with Gasteiger partial charge in [-0.15, -0.1) is 0 Å². The quantitative estimate of drug-likeness (QED) is 0.688. The van der Waals surface area contributed by atoms with E-state index in [1.165, 1.54) is 7.69 Å². The molecule has 0 spiro atoms. The van der Waals surface area contributed by atoms with E-state index >= 15 is 0 Å². The number of hydrogen-bond acceptors (Lipinski definition) is 4. The average Bonchev–Trinajstić information content (AvgIpc) is 2.61. The molecular formula is C18H22BO4. The molecule has 121 valence electrons. The van der Waals surface area contributed by atoms with Gasteiger partial charge in [-0.1, -0.05) is 36.4 Å². The summed E-state index contributed by atoms with van der Waals surface area (Å²) in [6.07, 6.45) is -0.110. The topological polar surface area (TPSA) is 36.9 Å². The summed E-state index contributed by atoms with van der Waals surface area (Å²) in [5, 5.41) is 0. The van der Waals surface area contributed by atoms with Crippen LogP contribution >= 0.6 is 0 Å². The molecular weight excluding hydrogens is 291 g/mol. The Kier molecular flexibility index (Phi) is 6.50. The van der Waals surface area contributed by atoms with Crippen LogP contribution in [0, 0.1) is 0 Å². The highest BCUT2D eigenvalue weighted by molar-refractivity contribution is 6.20. The monoisotopic (exact) mass is 313 g/mol. The maximum absolute atomic E-state index is 5.66. The number of rotatable bonds is 8. The summed E-state index contributed by atoms with van der Waals surface area (Å²) < 4.78 is 22.0. The molecule has 2 atom stereocenters. The molecule has 0 aliphatic carbocycles. The van der Waals surface area contributed by atoms with Gasteiger partial charge in [-0.3, -0.25) is 0 Å². The zero-order valence-corrected chi connectivity index (χ0v) is 14.0. The molecule has 0 bridgehead atoms. The van der Waals surface area contributed by atoms with Gasteiger partial charge in [0.05, 0.1) is 12.2 Å². The van der Waals surface area contributed by atoms with E-state index in [0.29, 0.717) is 11.5 Å². The van der Waals surface area contributed by atoms with Gasteiger partial charge in [0.1, 0.15) is 11.5 Å². The Morgan fingerprint density at radius 3 is 1.48 bits per heavy atom. The Morgan fingerprint density at radius 2 is 1.09 bits per heavy atom. The highest BCUT2D eigenvalue weighted by atomic mass is 16.6. The summed E-state index contributed by atoms with van der Waals surface area (Å²) in [4.78, 5) is 0. The fraction of sp³-hybridized carbons (Fsp3) is 0.333. The molecule has 2 aromatic rings. The first-order chi connectivity index (χ1) is 11.2. The molecule has 1 radical (unpaired) electrons. The van der Waals surface area contributed by atoms with E-state index in [4.69, 9.17) is 18.8 Å². The van der Waals surface area contributed by atoms with Crippen molar-refractivity contribution in [3.63, 3.8) is 0 Å². The molecule has 4 nitrogen and oxygen atoms in total. The second kappa shape index (κ2) is 8.60. The summed E-state index contributed by atoms with van der Waals surface area (Å²) in [6.45, 7) is 3.94. The molecule has 0 aliphatic rings. The highest BCUT2D eigenvalue weighted by Gasteiger charge is 2.14. The SMILES string of the molecule is COC(C)c1ccccc1O[B]Oc1ccccc1C(C)OC. The fourth-order valence-electron chi connectivity index (χ4n) is 2.23. The van der Waals surface area contributed by atoms with Crippen LogP contribution < -0.4 is 9.31 Å². The van der Waals surface area contributed by atoms with Gasteiger partial charge in [-0.05, 0) is 26.0 Å². The fourth-order valence-corrected chi connectivity index (χ4v) is 2.23. The minimum Gasteiger partial charge on any atom is -0.526 e. The Hall–Kier alpha value is -1.98. The molecule has 0 saturated heterocycles. The number of ether oxygens (including phenoxy) is 2. The van der Waals surface area contributed by atoms with Crippen LogP contribution in [0.25, 0.3) is 0 Å². The third-order valence-corrected chi connectivity index (χ3v) is 3.77. The van der Waals surface area contributed by atoms with Crippen LogP contribution in [0.1, 0.15) is 37.2 Å². The van der Waals surface area contributed by atoms with Crippen LogP contribution in [0.4, 0.5) is 0 Å². The first kappa shape index (κ1) is 17.4. The number of para-hydroxylation sites is 2. The lowest BCUT2D eigenvalue weighted by Gasteiger charge is -2.17. The van der Waals surface area contributed by atoms with E-state index in [2.05, 4.69) is 0 Å². The van der Waals surface area contributed by atoms with Crippen molar-refractivity contribution in [2.75, 3.05) is 14.2 Å². The van der Waals surface area contributed by atoms with Crippen molar-refractivity contribution in [3.05, 3.63) is 59.7 Å². The number of benzene rings is 2. The van der Waals surface area contributed by atoms with Crippen molar-refractivity contribution in [1.29, 1.82) is 0 Å². The predicted molar refractivity (Wildman–Crippen MR) is 90.7 cm³/mol. The molecule has 0 aliphatic heterocycles. The first-order valence-electron chi connectivity index (χ1n) is 7.55. The summed E-state index contributed by atoms with van der Waals surface area (Å²) in [5.74, 6) is 1.42. The van der Waals surface area contributed by atoms with Crippen LogP contribution in [0.5, 0.6) is 11.5 Å². The van der Waals surface area contributed by atoms with Crippen molar-refractivity contribution in [3.8, 4) is 11.5 Å². The van der Waals surface area contributed by atoms with Gasteiger partial charge in [-0.2, -0.15) is 0 Å². The second-order valence-corrected chi connectivity index (χ2v) is 5.16. The smallest absolute Gasteiger partial charge is 0.526 e. The van der Waals surface area contributed by atoms with E-state index in [1.807, 2.05) is 62.4 Å². The lowest BCUT2D eigenvalue weighted by molar-refractivity contribution is 0.117. The molecule has 0 amide bonds. The summed E-state index contributed by atoms with van der Waals surface area (Å²) in [6, 6.07) is 15.4. The number of methoxy groups -OCH3 is 2. The molecule has 5 heteroatoms. The summed E-state index contributed by atoms with van der Waals surface area (Å²) in [7, 11) is 4.68. The van der Waals surface area contributed by atoms with Gasteiger partial charge >= 0.3 is 7.69 Å². The van der Waals surface area contributed by atoms with Crippen molar-refractivity contribution >= 4 is 7.69 Å². The van der Waals surface area contributed by atoms with Crippen molar-refractivity contribution < 1.29 is 18.8 Å². The molecule has 0 aromatic heterocycles. The molecule has 0 saturated carbocycles. The van der Waals surface area contributed by atoms with Crippen molar-refractivity contribution in [2.24, 2.45) is 0 Å². The van der Waals surface area contributed by atoms with Crippen LogP contribution in [-0.2, 0) is 9.47 Å².